The molecule has 2 aromatic carbocycles. The summed E-state index contributed by atoms with van der Waals surface area (Å²) in [6.45, 7) is 2.02. The summed E-state index contributed by atoms with van der Waals surface area (Å²) in [5.74, 6) is 0.399. The Hall–Kier alpha value is -2.59. The lowest BCUT2D eigenvalue weighted by atomic mass is 9.92. The van der Waals surface area contributed by atoms with Gasteiger partial charge in [0.1, 0.15) is 0 Å². The van der Waals surface area contributed by atoms with Gasteiger partial charge >= 0.3 is 6.03 Å². The predicted octanol–water partition coefficient (Wildman–Crippen LogP) is 4.20. The highest BCUT2D eigenvalue weighted by Gasteiger charge is 2.31. The van der Waals surface area contributed by atoms with Crippen molar-refractivity contribution in [3.63, 3.8) is 0 Å². The highest BCUT2D eigenvalue weighted by atomic mass is 35.5. The summed E-state index contributed by atoms with van der Waals surface area (Å²) < 4.78 is 0. The molecular formula is C20H18ClN3O. The number of nitrogens with zero attached hydrogens (tertiary/aromatic N) is 2. The number of nitrogens with one attached hydrogen (secondary N) is 1. The molecule has 0 unspecified atom stereocenters. The van der Waals surface area contributed by atoms with E-state index in [0.29, 0.717) is 12.5 Å². The van der Waals surface area contributed by atoms with Crippen LogP contribution in [-0.2, 0) is 6.54 Å². The van der Waals surface area contributed by atoms with Crippen LogP contribution in [0.2, 0.25) is 5.02 Å². The van der Waals surface area contributed by atoms with Crippen molar-refractivity contribution in [2.24, 2.45) is 0 Å². The maximum Gasteiger partial charge on any atom is 0.317 e. The smallest absolute Gasteiger partial charge is 0.317 e. The fraction of sp³-hybridized carbons (Fsp3) is 0.200. The second-order valence-corrected chi connectivity index (χ2v) is 6.81. The quantitative estimate of drug-likeness (QED) is 0.768. The third kappa shape index (κ3) is 3.44. The van der Waals surface area contributed by atoms with Crippen LogP contribution < -0.4 is 5.32 Å². The van der Waals surface area contributed by atoms with Crippen molar-refractivity contribution < 1.29 is 4.79 Å². The average molecular weight is 352 g/mol. The minimum atomic E-state index is -0.0139. The number of aromatic nitrogens is 1. The summed E-state index contributed by atoms with van der Waals surface area (Å²) >= 11 is 5.91. The van der Waals surface area contributed by atoms with Crippen LogP contribution in [0.15, 0.2) is 60.9 Å². The van der Waals surface area contributed by atoms with Gasteiger partial charge in [0.05, 0.1) is 0 Å². The van der Waals surface area contributed by atoms with Gasteiger partial charge in [-0.15, -0.1) is 0 Å². The third-order valence-electron chi connectivity index (χ3n) is 4.66. The van der Waals surface area contributed by atoms with Gasteiger partial charge < -0.3 is 10.2 Å². The number of halogens is 1. The van der Waals surface area contributed by atoms with Crippen molar-refractivity contribution in [3.05, 3.63) is 77.1 Å². The molecule has 5 heteroatoms. The summed E-state index contributed by atoms with van der Waals surface area (Å²) in [5, 5.41) is 5.97. The first-order valence-corrected chi connectivity index (χ1v) is 8.68. The number of urea groups is 1. The minimum absolute atomic E-state index is 0.0139. The molecule has 0 radical (unpaired) electrons. The molecule has 1 N–H and O–H groups in total. The van der Waals surface area contributed by atoms with E-state index in [2.05, 4.69) is 16.4 Å². The molecule has 25 heavy (non-hydrogen) atoms. The number of pyridine rings is 1. The molecule has 2 heterocycles. The Balaban J connectivity index is 1.31. The first-order chi connectivity index (χ1) is 12.2. The van der Waals surface area contributed by atoms with Crippen LogP contribution in [0.1, 0.15) is 17.0 Å². The molecule has 1 saturated heterocycles. The third-order valence-corrected chi connectivity index (χ3v) is 4.91. The number of hydrogen-bond acceptors (Lipinski definition) is 2. The second kappa shape index (κ2) is 6.73. The molecule has 4 nitrogen and oxygen atoms in total. The Bertz CT molecular complexity index is 904. The van der Waals surface area contributed by atoms with E-state index in [4.69, 9.17) is 11.6 Å². The summed E-state index contributed by atoms with van der Waals surface area (Å²) in [6, 6.07) is 16.0. The number of carbonyl (C=O) groups is 1. The molecular weight excluding hydrogens is 334 g/mol. The maximum atomic E-state index is 12.3. The molecule has 0 saturated carbocycles. The van der Waals surface area contributed by atoms with Gasteiger partial charge in [0.15, 0.2) is 0 Å². The van der Waals surface area contributed by atoms with Gasteiger partial charge in [-0.3, -0.25) is 4.98 Å². The summed E-state index contributed by atoms with van der Waals surface area (Å²) in [5.41, 5.74) is 2.32. The van der Waals surface area contributed by atoms with Gasteiger partial charge in [-0.25, -0.2) is 4.79 Å². The number of benzene rings is 2. The maximum absolute atomic E-state index is 12.3. The predicted molar refractivity (Wildman–Crippen MR) is 99.7 cm³/mol. The van der Waals surface area contributed by atoms with E-state index in [-0.39, 0.29) is 6.03 Å². The van der Waals surface area contributed by atoms with Gasteiger partial charge in [-0.1, -0.05) is 35.9 Å². The molecule has 1 aliphatic rings. The highest BCUT2D eigenvalue weighted by Crippen LogP contribution is 2.27. The van der Waals surface area contributed by atoms with Crippen molar-refractivity contribution in [1.82, 2.24) is 15.2 Å². The second-order valence-electron chi connectivity index (χ2n) is 6.37. The number of amides is 2. The summed E-state index contributed by atoms with van der Waals surface area (Å²) in [6.07, 6.45) is 3.62. The topological polar surface area (TPSA) is 45.2 Å². The number of carbonyl (C=O) groups excluding carboxylic acids is 1. The van der Waals surface area contributed by atoms with Crippen LogP contribution >= 0.6 is 11.6 Å². The van der Waals surface area contributed by atoms with Crippen LogP contribution in [0.5, 0.6) is 0 Å². The number of fused-ring (bicyclic) bond motifs is 1. The lowest BCUT2D eigenvalue weighted by Crippen LogP contribution is -2.52. The van der Waals surface area contributed by atoms with Crippen LogP contribution in [0.25, 0.3) is 10.8 Å². The van der Waals surface area contributed by atoms with E-state index in [0.717, 1.165) is 34.4 Å². The highest BCUT2D eigenvalue weighted by molar-refractivity contribution is 6.30. The molecule has 0 bridgehead atoms. The largest absolute Gasteiger partial charge is 0.334 e. The van der Waals surface area contributed by atoms with E-state index < -0.39 is 0 Å². The summed E-state index contributed by atoms with van der Waals surface area (Å²) in [7, 11) is 0. The molecule has 3 aromatic rings. The molecule has 1 aromatic heterocycles. The Morgan fingerprint density at radius 1 is 1.12 bits per heavy atom. The Morgan fingerprint density at radius 2 is 1.92 bits per heavy atom. The standard InChI is InChI=1S/C20H18ClN3O/c21-19-5-3-15(4-6-19)18-12-24(13-18)20(25)23-10-14-1-2-17-11-22-8-7-16(17)9-14/h1-9,11,18H,10,12-13H2,(H,23,25). The SMILES string of the molecule is O=C(NCc1ccc2cnccc2c1)N1CC(c2ccc(Cl)cc2)C1. The molecule has 1 aliphatic heterocycles. The average Bonchev–Trinajstić information content (AvgIpc) is 2.60. The number of hydrogen-bond donors (Lipinski definition) is 1. The van der Waals surface area contributed by atoms with Crippen molar-refractivity contribution in [3.8, 4) is 0 Å². The molecule has 0 spiro atoms. The zero-order chi connectivity index (χ0) is 17.2. The molecule has 4 rings (SSSR count). The minimum Gasteiger partial charge on any atom is -0.334 e. The van der Waals surface area contributed by atoms with Crippen molar-refractivity contribution in [2.45, 2.75) is 12.5 Å². The van der Waals surface area contributed by atoms with Crippen LogP contribution in [0.3, 0.4) is 0 Å². The van der Waals surface area contributed by atoms with Crippen molar-refractivity contribution in [2.75, 3.05) is 13.1 Å². The van der Waals surface area contributed by atoms with E-state index in [1.54, 1.807) is 6.20 Å². The Kier molecular flexibility index (Phi) is 4.28. The van der Waals surface area contributed by atoms with Gasteiger partial charge in [0, 0.05) is 48.4 Å². The molecule has 0 aliphatic carbocycles. The lowest BCUT2D eigenvalue weighted by Gasteiger charge is -2.39. The monoisotopic (exact) mass is 351 g/mol. The van der Waals surface area contributed by atoms with E-state index in [1.165, 1.54) is 5.56 Å². The van der Waals surface area contributed by atoms with E-state index >= 15 is 0 Å². The molecule has 0 atom stereocenters. The van der Waals surface area contributed by atoms with Gasteiger partial charge in [0.2, 0.25) is 0 Å². The molecule has 126 valence electrons. The summed E-state index contributed by atoms with van der Waals surface area (Å²) in [4.78, 5) is 18.2. The van der Waals surface area contributed by atoms with Crippen molar-refractivity contribution >= 4 is 28.4 Å². The van der Waals surface area contributed by atoms with E-state index in [1.807, 2.05) is 53.6 Å². The van der Waals surface area contributed by atoms with E-state index in [9.17, 15) is 4.79 Å². The Labute approximate surface area is 151 Å². The first-order valence-electron chi connectivity index (χ1n) is 8.30. The van der Waals surface area contributed by atoms with Gasteiger partial charge in [-0.05, 0) is 40.8 Å². The molecule has 1 fully saturated rings. The fourth-order valence-corrected chi connectivity index (χ4v) is 3.25. The van der Waals surface area contributed by atoms with Crippen molar-refractivity contribution in [1.29, 1.82) is 0 Å². The fourth-order valence-electron chi connectivity index (χ4n) is 3.12. The van der Waals surface area contributed by atoms with Gasteiger partial charge in [-0.2, -0.15) is 0 Å². The number of rotatable bonds is 3. The first kappa shape index (κ1) is 15.9. The van der Waals surface area contributed by atoms with Crippen LogP contribution in [0.4, 0.5) is 4.79 Å². The lowest BCUT2D eigenvalue weighted by molar-refractivity contribution is 0.151. The number of likely N-dealkylation sites (tertiary alicyclic amines) is 1. The zero-order valence-corrected chi connectivity index (χ0v) is 14.4. The molecule has 2 amide bonds. The normalized spacial score (nSPS) is 14.4. The zero-order valence-electron chi connectivity index (χ0n) is 13.7. The van der Waals surface area contributed by atoms with Crippen LogP contribution in [-0.4, -0.2) is 29.0 Å². The van der Waals surface area contributed by atoms with Gasteiger partial charge in [0.25, 0.3) is 0 Å². The van der Waals surface area contributed by atoms with Crippen LogP contribution in [0, 0.1) is 0 Å². The Morgan fingerprint density at radius 3 is 2.72 bits per heavy atom.